The Kier molecular flexibility index (Phi) is 6.95. The highest BCUT2D eigenvalue weighted by atomic mass is 16.6. The van der Waals surface area contributed by atoms with Crippen molar-refractivity contribution in [3.05, 3.63) is 59.3 Å². The first-order valence-corrected chi connectivity index (χ1v) is 8.59. The van der Waals surface area contributed by atoms with Crippen molar-refractivity contribution in [2.45, 2.75) is 45.8 Å². The van der Waals surface area contributed by atoms with E-state index < -0.39 is 6.09 Å². The number of rotatable bonds is 5. The van der Waals surface area contributed by atoms with Crippen molar-refractivity contribution in [3.63, 3.8) is 0 Å². The smallest absolute Gasteiger partial charge is 0.414 e. The van der Waals surface area contributed by atoms with E-state index in [4.69, 9.17) is 9.84 Å². The standard InChI is InChI=1S/C20H25NO4/c1-3-17-18(4-2)21(16(11-8-12-22)13-19(17)23)20(24)25-14-15-9-6-5-7-10-15/h3-7,9-10,16,22H,8,11-14H2,1-2H3. The maximum absolute atomic E-state index is 12.7. The van der Waals surface area contributed by atoms with Crippen LogP contribution in [-0.2, 0) is 16.1 Å². The minimum atomic E-state index is -0.466. The molecule has 1 unspecified atom stereocenters. The minimum absolute atomic E-state index is 0.0191. The van der Waals surface area contributed by atoms with Gasteiger partial charge in [0.05, 0.1) is 5.70 Å². The zero-order valence-electron chi connectivity index (χ0n) is 14.8. The molecule has 0 bridgehead atoms. The third kappa shape index (κ3) is 4.57. The second-order valence-electron chi connectivity index (χ2n) is 5.93. The van der Waals surface area contributed by atoms with Gasteiger partial charge in [0.15, 0.2) is 5.78 Å². The number of Topliss-reactive ketones (excluding diaryl/α,β-unsaturated/α-hetero) is 1. The van der Waals surface area contributed by atoms with Gasteiger partial charge >= 0.3 is 6.09 Å². The monoisotopic (exact) mass is 343 g/mol. The molecule has 2 rings (SSSR count). The Balaban J connectivity index is 2.20. The first-order valence-electron chi connectivity index (χ1n) is 8.59. The number of carbonyl (C=O) groups excluding carboxylic acids is 2. The van der Waals surface area contributed by atoms with Crippen molar-refractivity contribution in [1.29, 1.82) is 0 Å². The number of benzene rings is 1. The van der Waals surface area contributed by atoms with E-state index in [0.717, 1.165) is 5.56 Å². The molecule has 1 saturated heterocycles. The van der Waals surface area contributed by atoms with Crippen molar-refractivity contribution < 1.29 is 19.4 Å². The van der Waals surface area contributed by atoms with Gasteiger partial charge in [-0.25, -0.2) is 4.79 Å². The number of likely N-dealkylation sites (tertiary alicyclic amines) is 1. The molecule has 1 aliphatic heterocycles. The van der Waals surface area contributed by atoms with Gasteiger partial charge in [-0.15, -0.1) is 0 Å². The maximum Gasteiger partial charge on any atom is 0.414 e. The maximum atomic E-state index is 12.7. The van der Waals surface area contributed by atoms with E-state index in [1.165, 1.54) is 0 Å². The Morgan fingerprint density at radius 3 is 2.60 bits per heavy atom. The molecule has 0 spiro atoms. The highest BCUT2D eigenvalue weighted by Gasteiger charge is 2.37. The van der Waals surface area contributed by atoms with Gasteiger partial charge in [-0.1, -0.05) is 42.5 Å². The summed E-state index contributed by atoms with van der Waals surface area (Å²) in [5.41, 5.74) is 2.03. The van der Waals surface area contributed by atoms with Gasteiger partial charge in [0, 0.05) is 24.6 Å². The molecule has 1 aromatic carbocycles. The molecule has 1 aliphatic rings. The zero-order valence-corrected chi connectivity index (χ0v) is 14.8. The van der Waals surface area contributed by atoms with Crippen LogP contribution in [0.4, 0.5) is 4.79 Å². The number of aliphatic hydroxyl groups is 1. The fraction of sp³-hybridized carbons (Fsp3) is 0.400. The molecule has 134 valence electrons. The number of allylic oxidation sites excluding steroid dienone is 3. The third-order valence-electron chi connectivity index (χ3n) is 4.28. The predicted octanol–water partition coefficient (Wildman–Crippen LogP) is 3.59. The van der Waals surface area contributed by atoms with Crippen LogP contribution >= 0.6 is 0 Å². The lowest BCUT2D eigenvalue weighted by Gasteiger charge is -2.37. The number of carbonyl (C=O) groups is 2. The van der Waals surface area contributed by atoms with Gasteiger partial charge in [0.1, 0.15) is 6.61 Å². The second-order valence-corrected chi connectivity index (χ2v) is 5.93. The first kappa shape index (κ1) is 18.9. The average Bonchev–Trinajstić information content (AvgIpc) is 2.64. The summed E-state index contributed by atoms with van der Waals surface area (Å²) >= 11 is 0. The van der Waals surface area contributed by atoms with E-state index in [-0.39, 0.29) is 31.5 Å². The Morgan fingerprint density at radius 1 is 1.28 bits per heavy atom. The van der Waals surface area contributed by atoms with Crippen LogP contribution in [0.3, 0.4) is 0 Å². The molecular weight excluding hydrogens is 318 g/mol. The SMILES string of the molecule is CC=C1C(=O)CC(CCCO)N(C(=O)OCc2ccccc2)C1=CC. The lowest BCUT2D eigenvalue weighted by atomic mass is 9.90. The summed E-state index contributed by atoms with van der Waals surface area (Å²) < 4.78 is 5.48. The summed E-state index contributed by atoms with van der Waals surface area (Å²) in [6, 6.07) is 9.18. The van der Waals surface area contributed by atoms with Crippen molar-refractivity contribution >= 4 is 11.9 Å². The molecular formula is C20H25NO4. The van der Waals surface area contributed by atoms with Gasteiger partial charge in [0.2, 0.25) is 0 Å². The molecule has 1 N–H and O–H groups in total. The van der Waals surface area contributed by atoms with Crippen LogP contribution in [-0.4, -0.2) is 34.5 Å². The van der Waals surface area contributed by atoms with Crippen molar-refractivity contribution in [1.82, 2.24) is 4.90 Å². The number of nitrogens with zero attached hydrogens (tertiary/aromatic N) is 1. The molecule has 0 saturated carbocycles. The van der Waals surface area contributed by atoms with Crippen LogP contribution in [0.1, 0.15) is 38.7 Å². The van der Waals surface area contributed by atoms with E-state index in [0.29, 0.717) is 24.1 Å². The van der Waals surface area contributed by atoms with Gasteiger partial charge in [-0.2, -0.15) is 0 Å². The molecule has 1 amide bonds. The Bertz CT molecular complexity index is 664. The Morgan fingerprint density at radius 2 is 2.00 bits per heavy atom. The molecule has 5 nitrogen and oxygen atoms in total. The summed E-state index contributed by atoms with van der Waals surface area (Å²) in [6.45, 7) is 3.80. The largest absolute Gasteiger partial charge is 0.444 e. The molecule has 0 aromatic heterocycles. The highest BCUT2D eigenvalue weighted by Crippen LogP contribution is 2.31. The second kappa shape index (κ2) is 9.18. The lowest BCUT2D eigenvalue weighted by Crippen LogP contribution is -2.46. The summed E-state index contributed by atoms with van der Waals surface area (Å²) in [7, 11) is 0. The van der Waals surface area contributed by atoms with E-state index >= 15 is 0 Å². The topological polar surface area (TPSA) is 66.8 Å². The van der Waals surface area contributed by atoms with Crippen LogP contribution < -0.4 is 0 Å². The predicted molar refractivity (Wildman–Crippen MR) is 95.7 cm³/mol. The van der Waals surface area contributed by atoms with Gasteiger partial charge < -0.3 is 9.84 Å². The summed E-state index contributed by atoms with van der Waals surface area (Å²) in [5.74, 6) is 0.0191. The zero-order chi connectivity index (χ0) is 18.2. The van der Waals surface area contributed by atoms with E-state index in [9.17, 15) is 9.59 Å². The van der Waals surface area contributed by atoms with E-state index in [1.807, 2.05) is 30.3 Å². The van der Waals surface area contributed by atoms with E-state index in [2.05, 4.69) is 0 Å². The Hall–Kier alpha value is -2.40. The summed E-state index contributed by atoms with van der Waals surface area (Å²) in [5, 5.41) is 9.12. The highest BCUT2D eigenvalue weighted by molar-refractivity contribution is 6.02. The molecule has 1 fully saturated rings. The van der Waals surface area contributed by atoms with Crippen molar-refractivity contribution in [3.8, 4) is 0 Å². The molecule has 25 heavy (non-hydrogen) atoms. The van der Waals surface area contributed by atoms with Crippen LogP contribution in [0.15, 0.2) is 53.8 Å². The van der Waals surface area contributed by atoms with Crippen LogP contribution in [0, 0.1) is 0 Å². The number of ether oxygens (including phenoxy) is 1. The summed E-state index contributed by atoms with van der Waals surface area (Å²) in [6.07, 6.45) is 4.36. The molecule has 0 aliphatic carbocycles. The number of hydrogen-bond acceptors (Lipinski definition) is 4. The van der Waals surface area contributed by atoms with Crippen molar-refractivity contribution in [2.24, 2.45) is 0 Å². The van der Waals surface area contributed by atoms with Gasteiger partial charge in [-0.05, 0) is 32.3 Å². The molecule has 5 heteroatoms. The quantitative estimate of drug-likeness (QED) is 0.830. The number of piperidine rings is 1. The fourth-order valence-electron chi connectivity index (χ4n) is 3.08. The summed E-state index contributed by atoms with van der Waals surface area (Å²) in [4.78, 5) is 26.7. The number of ketones is 1. The molecule has 1 atom stereocenters. The molecule has 0 radical (unpaired) electrons. The first-order chi connectivity index (χ1) is 12.1. The van der Waals surface area contributed by atoms with Crippen LogP contribution in [0.5, 0.6) is 0 Å². The van der Waals surface area contributed by atoms with E-state index in [1.54, 1.807) is 30.9 Å². The fourth-order valence-corrected chi connectivity index (χ4v) is 3.08. The van der Waals surface area contributed by atoms with Crippen LogP contribution in [0.25, 0.3) is 0 Å². The third-order valence-corrected chi connectivity index (χ3v) is 4.28. The molecule has 1 aromatic rings. The number of hydrogen-bond donors (Lipinski definition) is 1. The lowest BCUT2D eigenvalue weighted by molar-refractivity contribution is -0.117. The normalized spacial score (nSPS) is 21.0. The molecule has 1 heterocycles. The van der Waals surface area contributed by atoms with Gasteiger partial charge in [-0.3, -0.25) is 9.69 Å². The minimum Gasteiger partial charge on any atom is -0.444 e. The Labute approximate surface area is 148 Å². The average molecular weight is 343 g/mol. The number of aliphatic hydroxyl groups excluding tert-OH is 1. The number of amides is 1. The van der Waals surface area contributed by atoms with Crippen LogP contribution in [0.2, 0.25) is 0 Å². The van der Waals surface area contributed by atoms with Gasteiger partial charge in [0.25, 0.3) is 0 Å². The van der Waals surface area contributed by atoms with Crippen molar-refractivity contribution in [2.75, 3.05) is 6.61 Å².